The van der Waals surface area contributed by atoms with Crippen LogP contribution in [0.5, 0.6) is 0 Å². The summed E-state index contributed by atoms with van der Waals surface area (Å²) >= 11 is 11.8. The molecule has 0 radical (unpaired) electrons. The molecule has 1 aromatic heterocycles. The Morgan fingerprint density at radius 2 is 1.57 bits per heavy atom. The highest BCUT2D eigenvalue weighted by atomic mass is 35.5. The maximum atomic E-state index is 12.6. The van der Waals surface area contributed by atoms with Crippen molar-refractivity contribution in [2.75, 3.05) is 4.90 Å². The molecular formula is C15H21Cl2N2O3P. The van der Waals surface area contributed by atoms with Crippen LogP contribution >= 0.6 is 31.8 Å². The number of imide groups is 1. The van der Waals surface area contributed by atoms with E-state index in [4.69, 9.17) is 27.9 Å². The Bertz CT molecular complexity index is 561. The first-order valence-corrected chi connectivity index (χ1v) is 8.72. The Morgan fingerprint density at radius 1 is 1.09 bits per heavy atom. The molecule has 1 aromatic rings. The van der Waals surface area contributed by atoms with E-state index in [9.17, 15) is 9.59 Å². The summed E-state index contributed by atoms with van der Waals surface area (Å²) in [6.45, 7) is 10.9. The summed E-state index contributed by atoms with van der Waals surface area (Å²) in [7, 11) is -0.126. The fraction of sp³-hybridized carbons (Fsp3) is 0.533. The predicted molar refractivity (Wildman–Crippen MR) is 96.4 cm³/mol. The average Bonchev–Trinajstić information content (AvgIpc) is 2.21. The second kappa shape index (κ2) is 7.33. The Hall–Kier alpha value is -0.900. The lowest BCUT2D eigenvalue weighted by atomic mass is 10.2. The number of nitrogens with zero attached hydrogens (tertiary/aromatic N) is 2. The van der Waals surface area contributed by atoms with Gasteiger partial charge in [-0.2, -0.15) is 0 Å². The lowest BCUT2D eigenvalue weighted by Crippen LogP contribution is -2.39. The Morgan fingerprint density at radius 3 is 1.96 bits per heavy atom. The molecule has 1 rings (SSSR count). The standard InChI is InChI=1S/C15H21Cl2N2O3P/c1-14(2,3)22-12(20)19(13(21)23-15(4,5)6)9-7-10(16)18-11(17)8-9/h7-8,23H,1-6H3. The summed E-state index contributed by atoms with van der Waals surface area (Å²) in [5.41, 5.74) is -0.864. The Balaban J connectivity index is 3.25. The van der Waals surface area contributed by atoms with Crippen LogP contribution in [0.2, 0.25) is 10.3 Å². The topological polar surface area (TPSA) is 59.5 Å². The summed E-state index contributed by atoms with van der Waals surface area (Å²) in [4.78, 5) is 29.9. The molecule has 0 aliphatic rings. The SMILES string of the molecule is CC(C)(C)OC(=O)N(C(=O)PC(C)(C)C)c1cc(Cl)nc(Cl)c1. The second-order valence-corrected chi connectivity index (χ2v) is 9.92. The van der Waals surface area contributed by atoms with E-state index in [1.807, 2.05) is 20.8 Å². The Kier molecular flexibility index (Phi) is 6.42. The van der Waals surface area contributed by atoms with Crippen LogP contribution in [0.15, 0.2) is 12.1 Å². The van der Waals surface area contributed by atoms with Crippen molar-refractivity contribution in [3.63, 3.8) is 0 Å². The number of carbonyl (C=O) groups excluding carboxylic acids is 2. The van der Waals surface area contributed by atoms with Gasteiger partial charge < -0.3 is 4.74 Å². The first-order valence-electron chi connectivity index (χ1n) is 6.97. The van der Waals surface area contributed by atoms with Crippen molar-refractivity contribution in [2.24, 2.45) is 0 Å². The number of rotatable bonds is 2. The minimum absolute atomic E-state index is 0.0907. The van der Waals surface area contributed by atoms with Crippen LogP contribution in [-0.4, -0.2) is 27.5 Å². The summed E-state index contributed by atoms with van der Waals surface area (Å²) in [6.07, 6.45) is -0.766. The Labute approximate surface area is 148 Å². The maximum Gasteiger partial charge on any atom is 0.422 e. The monoisotopic (exact) mass is 378 g/mol. The molecule has 0 saturated heterocycles. The van der Waals surface area contributed by atoms with Gasteiger partial charge in [-0.05, 0) is 34.5 Å². The van der Waals surface area contributed by atoms with Crippen molar-refractivity contribution >= 4 is 49.2 Å². The third-order valence-electron chi connectivity index (χ3n) is 2.27. The molecule has 1 atom stereocenters. The van der Waals surface area contributed by atoms with Crippen LogP contribution in [0.1, 0.15) is 41.5 Å². The van der Waals surface area contributed by atoms with Gasteiger partial charge in [-0.3, -0.25) is 4.79 Å². The molecule has 8 heteroatoms. The minimum Gasteiger partial charge on any atom is -0.443 e. The molecule has 128 valence electrons. The maximum absolute atomic E-state index is 12.6. The van der Waals surface area contributed by atoms with Crippen molar-refractivity contribution in [1.82, 2.24) is 4.98 Å². The fourth-order valence-corrected chi connectivity index (χ4v) is 2.99. The molecule has 0 spiro atoms. The molecule has 0 N–H and O–H groups in total. The highest BCUT2D eigenvalue weighted by Crippen LogP contribution is 2.36. The number of pyridine rings is 1. The summed E-state index contributed by atoms with van der Waals surface area (Å²) in [6, 6.07) is 2.81. The van der Waals surface area contributed by atoms with E-state index in [2.05, 4.69) is 4.98 Å². The number of halogens is 2. The van der Waals surface area contributed by atoms with Gasteiger partial charge >= 0.3 is 6.09 Å². The van der Waals surface area contributed by atoms with E-state index in [0.717, 1.165) is 4.90 Å². The van der Waals surface area contributed by atoms with Crippen molar-refractivity contribution in [2.45, 2.75) is 52.3 Å². The third kappa shape index (κ3) is 7.03. The molecule has 5 nitrogen and oxygen atoms in total. The number of ether oxygens (including phenoxy) is 1. The average molecular weight is 379 g/mol. The molecule has 1 unspecified atom stereocenters. The summed E-state index contributed by atoms with van der Waals surface area (Å²) in [5.74, 6) is 0. The first-order chi connectivity index (χ1) is 10.3. The van der Waals surface area contributed by atoms with Crippen molar-refractivity contribution in [3.8, 4) is 0 Å². The van der Waals surface area contributed by atoms with Gasteiger partial charge in [0.25, 0.3) is 5.65 Å². The first kappa shape index (κ1) is 20.1. The molecule has 0 fully saturated rings. The van der Waals surface area contributed by atoms with E-state index >= 15 is 0 Å². The molecule has 0 bridgehead atoms. The van der Waals surface area contributed by atoms with Crippen LogP contribution in [0.25, 0.3) is 0 Å². The molecule has 0 aliphatic carbocycles. The zero-order chi connectivity index (χ0) is 18.0. The van der Waals surface area contributed by atoms with Gasteiger partial charge in [0.15, 0.2) is 0 Å². The molecule has 0 saturated carbocycles. The van der Waals surface area contributed by atoms with Gasteiger partial charge in [-0.25, -0.2) is 14.7 Å². The lowest BCUT2D eigenvalue weighted by molar-refractivity contribution is 0.0598. The largest absolute Gasteiger partial charge is 0.443 e. The zero-order valence-corrected chi connectivity index (χ0v) is 16.5. The van der Waals surface area contributed by atoms with E-state index in [1.54, 1.807) is 20.8 Å². The lowest BCUT2D eigenvalue weighted by Gasteiger charge is -2.28. The number of aromatic nitrogens is 1. The molecule has 2 amide bonds. The number of carbonyl (C=O) groups is 2. The highest BCUT2D eigenvalue weighted by molar-refractivity contribution is 7.60. The third-order valence-corrected chi connectivity index (χ3v) is 3.84. The van der Waals surface area contributed by atoms with Crippen molar-refractivity contribution < 1.29 is 14.3 Å². The van der Waals surface area contributed by atoms with E-state index in [1.165, 1.54) is 12.1 Å². The van der Waals surface area contributed by atoms with Crippen molar-refractivity contribution in [1.29, 1.82) is 0 Å². The highest BCUT2D eigenvalue weighted by Gasteiger charge is 2.31. The smallest absolute Gasteiger partial charge is 0.422 e. The number of hydrogen-bond acceptors (Lipinski definition) is 4. The van der Waals surface area contributed by atoms with Gasteiger partial charge in [0.2, 0.25) is 0 Å². The zero-order valence-electron chi connectivity index (χ0n) is 14.0. The van der Waals surface area contributed by atoms with Gasteiger partial charge in [0.1, 0.15) is 15.9 Å². The fourth-order valence-electron chi connectivity index (χ4n) is 1.57. The van der Waals surface area contributed by atoms with Crippen LogP contribution in [0.4, 0.5) is 15.3 Å². The van der Waals surface area contributed by atoms with Gasteiger partial charge in [0, 0.05) is 12.1 Å². The number of hydrogen-bond donors (Lipinski definition) is 0. The molecule has 0 aromatic carbocycles. The van der Waals surface area contributed by atoms with Crippen LogP contribution in [0.3, 0.4) is 0 Å². The molecule has 0 aliphatic heterocycles. The minimum atomic E-state index is -0.766. The van der Waals surface area contributed by atoms with Crippen LogP contribution < -0.4 is 4.90 Å². The number of amides is 2. The summed E-state index contributed by atoms with van der Waals surface area (Å²) < 4.78 is 5.33. The summed E-state index contributed by atoms with van der Waals surface area (Å²) in [5, 5.41) is -0.0845. The normalized spacial score (nSPS) is 12.5. The molecular weight excluding hydrogens is 358 g/mol. The van der Waals surface area contributed by atoms with E-state index in [0.29, 0.717) is 0 Å². The van der Waals surface area contributed by atoms with Crippen LogP contribution in [0, 0.1) is 0 Å². The number of anilines is 1. The van der Waals surface area contributed by atoms with Crippen LogP contribution in [-0.2, 0) is 4.74 Å². The van der Waals surface area contributed by atoms with E-state index < -0.39 is 11.7 Å². The van der Waals surface area contributed by atoms with Gasteiger partial charge in [-0.1, -0.05) is 44.0 Å². The molecule has 23 heavy (non-hydrogen) atoms. The van der Waals surface area contributed by atoms with Gasteiger partial charge in [0.05, 0.1) is 5.69 Å². The predicted octanol–water partition coefficient (Wildman–Crippen LogP) is 5.73. The second-order valence-electron chi connectivity index (χ2n) is 6.97. The quantitative estimate of drug-likeness (QED) is 0.487. The van der Waals surface area contributed by atoms with Crippen molar-refractivity contribution in [3.05, 3.63) is 22.4 Å². The molecule has 1 heterocycles. The van der Waals surface area contributed by atoms with Gasteiger partial charge in [-0.15, -0.1) is 0 Å². The van der Waals surface area contributed by atoms with E-state index in [-0.39, 0.29) is 35.4 Å².